The Bertz CT molecular complexity index is 392. The van der Waals surface area contributed by atoms with Gasteiger partial charge in [-0.05, 0) is 37.6 Å². The first kappa shape index (κ1) is 10.3. The van der Waals surface area contributed by atoms with Crippen molar-refractivity contribution in [3.05, 3.63) is 24.3 Å². The lowest BCUT2D eigenvalue weighted by molar-refractivity contribution is 0.264. The van der Waals surface area contributed by atoms with E-state index in [1.54, 1.807) is 4.90 Å². The van der Waals surface area contributed by atoms with Crippen LogP contribution in [0.4, 0.5) is 16.2 Å². The molecule has 15 heavy (non-hydrogen) atoms. The molecule has 1 aromatic rings. The maximum Gasteiger partial charge on any atom is 0.322 e. The van der Waals surface area contributed by atoms with E-state index in [-0.39, 0.29) is 0 Å². The van der Waals surface area contributed by atoms with E-state index in [2.05, 4.69) is 18.7 Å². The number of rotatable bonds is 1. The SMILES string of the molecule is CC(C)N1CN(C(=O)Cl)c2ccccc21. The topological polar surface area (TPSA) is 23.6 Å². The number of amides is 1. The van der Waals surface area contributed by atoms with Gasteiger partial charge in [-0.2, -0.15) is 0 Å². The van der Waals surface area contributed by atoms with E-state index in [4.69, 9.17) is 11.6 Å². The number of hydrogen-bond donors (Lipinski definition) is 0. The van der Waals surface area contributed by atoms with E-state index in [9.17, 15) is 4.79 Å². The molecule has 0 spiro atoms. The van der Waals surface area contributed by atoms with Gasteiger partial charge in [0.05, 0.1) is 18.0 Å². The predicted octanol–water partition coefficient (Wildman–Crippen LogP) is 3.04. The second kappa shape index (κ2) is 3.74. The van der Waals surface area contributed by atoms with Gasteiger partial charge in [0.25, 0.3) is 0 Å². The molecule has 1 aliphatic heterocycles. The molecule has 0 atom stereocenters. The predicted molar refractivity (Wildman–Crippen MR) is 62.7 cm³/mol. The van der Waals surface area contributed by atoms with Gasteiger partial charge in [0.1, 0.15) is 0 Å². The van der Waals surface area contributed by atoms with Gasteiger partial charge in [-0.15, -0.1) is 0 Å². The number of hydrogen-bond acceptors (Lipinski definition) is 2. The average Bonchev–Trinajstić information content (AvgIpc) is 2.56. The highest BCUT2D eigenvalue weighted by Gasteiger charge is 2.29. The molecule has 1 aromatic carbocycles. The van der Waals surface area contributed by atoms with Crippen molar-refractivity contribution in [2.45, 2.75) is 19.9 Å². The Kier molecular flexibility index (Phi) is 2.57. The number of para-hydroxylation sites is 2. The highest BCUT2D eigenvalue weighted by atomic mass is 35.5. The highest BCUT2D eigenvalue weighted by molar-refractivity contribution is 6.66. The fourth-order valence-electron chi connectivity index (χ4n) is 1.83. The molecule has 0 saturated carbocycles. The van der Waals surface area contributed by atoms with E-state index >= 15 is 0 Å². The Morgan fingerprint density at radius 3 is 2.47 bits per heavy atom. The van der Waals surface area contributed by atoms with Crippen molar-refractivity contribution in [3.63, 3.8) is 0 Å². The van der Waals surface area contributed by atoms with Crippen molar-refractivity contribution in [1.29, 1.82) is 0 Å². The third kappa shape index (κ3) is 1.67. The minimum Gasteiger partial charge on any atom is -0.349 e. The van der Waals surface area contributed by atoms with Crippen LogP contribution < -0.4 is 9.80 Å². The number of fused-ring (bicyclic) bond motifs is 1. The van der Waals surface area contributed by atoms with Crippen LogP contribution in [0.2, 0.25) is 0 Å². The van der Waals surface area contributed by atoms with Crippen molar-refractivity contribution in [2.24, 2.45) is 0 Å². The van der Waals surface area contributed by atoms with E-state index in [0.29, 0.717) is 12.7 Å². The Hall–Kier alpha value is -1.22. The average molecular weight is 225 g/mol. The molecule has 0 saturated heterocycles. The fraction of sp³-hybridized carbons (Fsp3) is 0.364. The van der Waals surface area contributed by atoms with Crippen LogP contribution in [-0.2, 0) is 0 Å². The molecular formula is C11H13ClN2O. The summed E-state index contributed by atoms with van der Waals surface area (Å²) in [6, 6.07) is 8.16. The number of halogens is 1. The number of carbonyl (C=O) groups excluding carboxylic acids is 1. The van der Waals surface area contributed by atoms with Crippen LogP contribution in [0.1, 0.15) is 13.8 Å². The summed E-state index contributed by atoms with van der Waals surface area (Å²) in [5, 5.41) is -0.425. The molecular weight excluding hydrogens is 212 g/mol. The Morgan fingerprint density at radius 1 is 1.33 bits per heavy atom. The van der Waals surface area contributed by atoms with E-state index in [0.717, 1.165) is 11.4 Å². The summed E-state index contributed by atoms with van der Waals surface area (Å²) >= 11 is 5.54. The Labute approximate surface area is 94.2 Å². The molecule has 0 radical (unpaired) electrons. The summed E-state index contributed by atoms with van der Waals surface area (Å²) in [5.41, 5.74) is 1.97. The Morgan fingerprint density at radius 2 is 1.93 bits per heavy atom. The van der Waals surface area contributed by atoms with E-state index in [1.807, 2.05) is 24.3 Å². The first-order chi connectivity index (χ1) is 7.11. The van der Waals surface area contributed by atoms with Gasteiger partial charge in [0, 0.05) is 6.04 Å². The number of nitrogens with zero attached hydrogens (tertiary/aromatic N) is 2. The Balaban J connectivity index is 2.44. The summed E-state index contributed by atoms with van der Waals surface area (Å²) in [6.45, 7) is 4.73. The minimum atomic E-state index is -0.425. The van der Waals surface area contributed by atoms with Crippen molar-refractivity contribution in [3.8, 4) is 0 Å². The highest BCUT2D eigenvalue weighted by Crippen LogP contribution is 2.37. The van der Waals surface area contributed by atoms with Crippen LogP contribution in [-0.4, -0.2) is 18.1 Å². The summed E-state index contributed by atoms with van der Waals surface area (Å²) in [7, 11) is 0. The van der Waals surface area contributed by atoms with Crippen LogP contribution in [0.3, 0.4) is 0 Å². The largest absolute Gasteiger partial charge is 0.349 e. The van der Waals surface area contributed by atoms with Crippen molar-refractivity contribution < 1.29 is 4.79 Å². The van der Waals surface area contributed by atoms with Crippen molar-refractivity contribution in [1.82, 2.24) is 0 Å². The third-order valence-electron chi connectivity index (χ3n) is 2.61. The molecule has 1 heterocycles. The summed E-state index contributed by atoms with van der Waals surface area (Å²) in [6.07, 6.45) is 0. The van der Waals surface area contributed by atoms with E-state index in [1.165, 1.54) is 0 Å². The van der Waals surface area contributed by atoms with Crippen LogP contribution in [0.15, 0.2) is 24.3 Å². The van der Waals surface area contributed by atoms with Crippen LogP contribution >= 0.6 is 11.6 Å². The first-order valence-corrected chi connectivity index (χ1v) is 5.31. The molecule has 80 valence electrons. The third-order valence-corrected chi connectivity index (χ3v) is 2.82. The quantitative estimate of drug-likeness (QED) is 0.541. The zero-order valence-electron chi connectivity index (χ0n) is 8.77. The molecule has 0 aliphatic carbocycles. The zero-order valence-corrected chi connectivity index (χ0v) is 9.53. The molecule has 4 heteroatoms. The lowest BCUT2D eigenvalue weighted by Crippen LogP contribution is -2.36. The number of carbonyl (C=O) groups is 1. The number of anilines is 2. The molecule has 3 nitrogen and oxygen atoms in total. The minimum absolute atomic E-state index is 0.354. The summed E-state index contributed by atoms with van der Waals surface area (Å²) in [5.74, 6) is 0. The molecule has 0 unspecified atom stereocenters. The normalized spacial score (nSPS) is 14.7. The maximum absolute atomic E-state index is 11.2. The van der Waals surface area contributed by atoms with Crippen molar-refractivity contribution >= 4 is 28.3 Å². The summed E-state index contributed by atoms with van der Waals surface area (Å²) in [4.78, 5) is 15.0. The van der Waals surface area contributed by atoms with Gasteiger partial charge < -0.3 is 4.90 Å². The number of benzene rings is 1. The summed E-state index contributed by atoms with van der Waals surface area (Å²) < 4.78 is 0. The molecule has 0 aromatic heterocycles. The molecule has 1 aliphatic rings. The van der Waals surface area contributed by atoms with Crippen LogP contribution in [0.5, 0.6) is 0 Å². The van der Waals surface area contributed by atoms with Crippen LogP contribution in [0, 0.1) is 0 Å². The maximum atomic E-state index is 11.2. The van der Waals surface area contributed by atoms with Crippen molar-refractivity contribution in [2.75, 3.05) is 16.5 Å². The lowest BCUT2D eigenvalue weighted by atomic mass is 10.2. The van der Waals surface area contributed by atoms with Gasteiger partial charge in [0.15, 0.2) is 0 Å². The van der Waals surface area contributed by atoms with Gasteiger partial charge in [-0.1, -0.05) is 12.1 Å². The second-order valence-corrected chi connectivity index (χ2v) is 4.20. The second-order valence-electron chi connectivity index (χ2n) is 3.87. The standard InChI is InChI=1S/C11H13ClN2O/c1-8(2)13-7-14(11(12)15)10-6-4-3-5-9(10)13/h3-6,8H,7H2,1-2H3. The molecule has 1 amide bonds. The van der Waals surface area contributed by atoms with Gasteiger partial charge >= 0.3 is 5.37 Å². The lowest BCUT2D eigenvalue weighted by Gasteiger charge is -2.23. The van der Waals surface area contributed by atoms with Gasteiger partial charge in [0.2, 0.25) is 0 Å². The monoisotopic (exact) mass is 224 g/mol. The zero-order chi connectivity index (χ0) is 11.0. The molecule has 0 N–H and O–H groups in total. The van der Waals surface area contributed by atoms with E-state index < -0.39 is 5.37 Å². The molecule has 0 bridgehead atoms. The smallest absolute Gasteiger partial charge is 0.322 e. The van der Waals surface area contributed by atoms with Crippen LogP contribution in [0.25, 0.3) is 0 Å². The molecule has 0 fully saturated rings. The first-order valence-electron chi connectivity index (χ1n) is 4.94. The molecule has 2 rings (SSSR count). The van der Waals surface area contributed by atoms with Gasteiger partial charge in [-0.25, -0.2) is 0 Å². The van der Waals surface area contributed by atoms with Gasteiger partial charge in [-0.3, -0.25) is 9.69 Å². The fourth-order valence-corrected chi connectivity index (χ4v) is 1.98.